The molecular formula is C21H32N4O2. The van der Waals surface area contributed by atoms with Crippen molar-refractivity contribution in [3.63, 3.8) is 0 Å². The number of likely N-dealkylation sites (N-methyl/N-ethyl adjacent to an activating group) is 1. The molecular weight excluding hydrogens is 340 g/mol. The third-order valence-corrected chi connectivity index (χ3v) is 4.45. The normalized spacial score (nSPS) is 14.3. The van der Waals surface area contributed by atoms with E-state index in [4.69, 9.17) is 4.74 Å². The van der Waals surface area contributed by atoms with Crippen LogP contribution in [-0.2, 0) is 11.3 Å². The van der Waals surface area contributed by atoms with Gasteiger partial charge in [0.2, 0.25) is 0 Å². The van der Waals surface area contributed by atoms with E-state index < -0.39 is 0 Å². The van der Waals surface area contributed by atoms with Crippen molar-refractivity contribution in [2.24, 2.45) is 4.99 Å². The van der Waals surface area contributed by atoms with Gasteiger partial charge in [-0.25, -0.2) is 0 Å². The molecule has 0 atom stereocenters. The number of carbonyl (C=O) groups is 1. The van der Waals surface area contributed by atoms with Crippen LogP contribution < -0.4 is 20.7 Å². The Morgan fingerprint density at radius 2 is 2.11 bits per heavy atom. The summed E-state index contributed by atoms with van der Waals surface area (Å²) < 4.78 is 5.53. The number of rotatable bonds is 9. The monoisotopic (exact) mass is 372 g/mol. The zero-order chi connectivity index (χ0) is 19.3. The molecule has 1 aromatic carbocycles. The summed E-state index contributed by atoms with van der Waals surface area (Å²) in [5.74, 6) is 1.37. The van der Waals surface area contributed by atoms with Crippen LogP contribution in [0.4, 0.5) is 0 Å². The Morgan fingerprint density at radius 3 is 2.85 bits per heavy atom. The summed E-state index contributed by atoms with van der Waals surface area (Å²) in [6, 6.07) is 7.74. The minimum absolute atomic E-state index is 0.0315. The second-order valence-corrected chi connectivity index (χ2v) is 6.60. The first kappa shape index (κ1) is 20.8. The summed E-state index contributed by atoms with van der Waals surface area (Å²) in [5.41, 5.74) is 2.63. The first-order chi connectivity index (χ1) is 13.2. The zero-order valence-corrected chi connectivity index (χ0v) is 16.5. The number of nitrogens with one attached hydrogen (secondary N) is 3. The van der Waals surface area contributed by atoms with Gasteiger partial charge in [-0.2, -0.15) is 0 Å². The second kappa shape index (κ2) is 12.0. The number of carbonyl (C=O) groups excluding carboxylic acids is 1. The van der Waals surface area contributed by atoms with Gasteiger partial charge in [-0.05, 0) is 56.7 Å². The fourth-order valence-electron chi connectivity index (χ4n) is 3.02. The molecule has 0 saturated heterocycles. The molecule has 0 radical (unpaired) electrons. The first-order valence-electron chi connectivity index (χ1n) is 9.82. The molecule has 0 aromatic heterocycles. The Kier molecular flexibility index (Phi) is 9.24. The fourth-order valence-corrected chi connectivity index (χ4v) is 3.02. The summed E-state index contributed by atoms with van der Waals surface area (Å²) in [5, 5.41) is 9.41. The maximum atomic E-state index is 11.5. The number of aliphatic imine (C=N–C) groups is 1. The van der Waals surface area contributed by atoms with E-state index in [0.717, 1.165) is 24.5 Å². The molecule has 2 rings (SSSR count). The van der Waals surface area contributed by atoms with Crippen LogP contribution in [0, 0.1) is 0 Å². The fraction of sp³-hybridized carbons (Fsp3) is 0.524. The Labute approximate surface area is 162 Å². The van der Waals surface area contributed by atoms with E-state index in [1.807, 2.05) is 31.2 Å². The number of allylic oxidation sites excluding steroid dienone is 1. The number of hydrogen-bond donors (Lipinski definition) is 3. The summed E-state index contributed by atoms with van der Waals surface area (Å²) in [7, 11) is 1.78. The average Bonchev–Trinajstić information content (AvgIpc) is 2.70. The van der Waals surface area contributed by atoms with Crippen LogP contribution in [0.5, 0.6) is 5.75 Å². The molecule has 0 heterocycles. The van der Waals surface area contributed by atoms with Crippen LogP contribution >= 0.6 is 0 Å². The van der Waals surface area contributed by atoms with Crippen LogP contribution in [-0.4, -0.2) is 38.6 Å². The highest BCUT2D eigenvalue weighted by Gasteiger charge is 2.05. The van der Waals surface area contributed by atoms with Gasteiger partial charge in [-0.3, -0.25) is 9.79 Å². The number of ether oxygens (including phenoxy) is 1. The van der Waals surface area contributed by atoms with Gasteiger partial charge in [-0.1, -0.05) is 23.8 Å². The molecule has 6 heteroatoms. The third-order valence-electron chi connectivity index (χ3n) is 4.45. The molecule has 1 aliphatic carbocycles. The van der Waals surface area contributed by atoms with E-state index in [2.05, 4.69) is 27.0 Å². The molecule has 3 N–H and O–H groups in total. The molecule has 0 bridgehead atoms. The molecule has 1 aromatic rings. The van der Waals surface area contributed by atoms with E-state index in [1.165, 1.54) is 25.7 Å². The summed E-state index contributed by atoms with van der Waals surface area (Å²) in [6.07, 6.45) is 8.55. The quantitative estimate of drug-likeness (QED) is 0.354. The summed E-state index contributed by atoms with van der Waals surface area (Å²) in [6.45, 7) is 4.05. The number of hydrogen-bond acceptors (Lipinski definition) is 3. The zero-order valence-electron chi connectivity index (χ0n) is 16.5. The minimum Gasteiger partial charge on any atom is -0.484 e. The minimum atomic E-state index is -0.112. The maximum absolute atomic E-state index is 11.5. The molecule has 0 fully saturated rings. The topological polar surface area (TPSA) is 74.8 Å². The van der Waals surface area contributed by atoms with Crippen LogP contribution in [0.2, 0.25) is 0 Å². The number of nitrogens with zero attached hydrogens (tertiary/aromatic N) is 1. The second-order valence-electron chi connectivity index (χ2n) is 6.60. The van der Waals surface area contributed by atoms with E-state index in [-0.39, 0.29) is 12.5 Å². The standard InChI is InChI=1S/C21H32N4O2/c1-3-23-20(26)16-27-19-11-7-10-18(14-19)15-25-21(22-2)24-13-12-17-8-5-4-6-9-17/h7-8,10-11,14H,3-6,9,12-13,15-16H2,1-2H3,(H,23,26)(H2,22,24,25). The number of guanidine groups is 1. The van der Waals surface area contributed by atoms with Crippen molar-refractivity contribution in [2.45, 2.75) is 45.6 Å². The Bertz CT molecular complexity index is 655. The van der Waals surface area contributed by atoms with Gasteiger partial charge in [0.25, 0.3) is 5.91 Å². The predicted molar refractivity (Wildman–Crippen MR) is 110 cm³/mol. The van der Waals surface area contributed by atoms with Crippen molar-refractivity contribution < 1.29 is 9.53 Å². The highest BCUT2D eigenvalue weighted by molar-refractivity contribution is 5.79. The van der Waals surface area contributed by atoms with Crippen LogP contribution in [0.25, 0.3) is 0 Å². The molecule has 0 unspecified atom stereocenters. The molecule has 148 valence electrons. The highest BCUT2D eigenvalue weighted by atomic mass is 16.5. The lowest BCUT2D eigenvalue weighted by Gasteiger charge is -2.15. The van der Waals surface area contributed by atoms with Crippen LogP contribution in [0.3, 0.4) is 0 Å². The van der Waals surface area contributed by atoms with E-state index in [0.29, 0.717) is 18.8 Å². The first-order valence-corrected chi connectivity index (χ1v) is 9.82. The van der Waals surface area contributed by atoms with Crippen molar-refractivity contribution in [1.29, 1.82) is 0 Å². The Morgan fingerprint density at radius 1 is 1.22 bits per heavy atom. The molecule has 0 spiro atoms. The summed E-state index contributed by atoms with van der Waals surface area (Å²) >= 11 is 0. The number of amides is 1. The molecule has 1 aliphatic rings. The Hall–Kier alpha value is -2.50. The van der Waals surface area contributed by atoms with Crippen molar-refractivity contribution >= 4 is 11.9 Å². The Balaban J connectivity index is 1.74. The van der Waals surface area contributed by atoms with E-state index in [1.54, 1.807) is 12.6 Å². The van der Waals surface area contributed by atoms with Gasteiger partial charge in [0, 0.05) is 26.7 Å². The van der Waals surface area contributed by atoms with Crippen molar-refractivity contribution in [2.75, 3.05) is 26.7 Å². The van der Waals surface area contributed by atoms with Crippen LogP contribution in [0.15, 0.2) is 40.9 Å². The van der Waals surface area contributed by atoms with E-state index in [9.17, 15) is 4.79 Å². The lowest BCUT2D eigenvalue weighted by Crippen LogP contribution is -2.37. The van der Waals surface area contributed by atoms with E-state index >= 15 is 0 Å². The molecule has 0 aliphatic heterocycles. The average molecular weight is 373 g/mol. The van der Waals surface area contributed by atoms with Gasteiger partial charge in [-0.15, -0.1) is 0 Å². The van der Waals surface area contributed by atoms with Gasteiger partial charge in [0.05, 0.1) is 0 Å². The molecule has 27 heavy (non-hydrogen) atoms. The van der Waals surface area contributed by atoms with Crippen molar-refractivity contribution in [1.82, 2.24) is 16.0 Å². The van der Waals surface area contributed by atoms with Gasteiger partial charge < -0.3 is 20.7 Å². The maximum Gasteiger partial charge on any atom is 0.257 e. The van der Waals surface area contributed by atoms with Crippen molar-refractivity contribution in [3.8, 4) is 5.75 Å². The molecule has 6 nitrogen and oxygen atoms in total. The summed E-state index contributed by atoms with van der Waals surface area (Å²) in [4.78, 5) is 15.8. The lowest BCUT2D eigenvalue weighted by atomic mass is 9.97. The lowest BCUT2D eigenvalue weighted by molar-refractivity contribution is -0.122. The van der Waals surface area contributed by atoms with Crippen molar-refractivity contribution in [3.05, 3.63) is 41.5 Å². The largest absolute Gasteiger partial charge is 0.484 e. The van der Waals surface area contributed by atoms with Crippen LogP contribution in [0.1, 0.15) is 44.6 Å². The SMILES string of the molecule is CCNC(=O)COc1cccc(CNC(=NC)NCCC2=CCCCC2)c1. The smallest absolute Gasteiger partial charge is 0.257 e. The molecule has 0 saturated carbocycles. The highest BCUT2D eigenvalue weighted by Crippen LogP contribution is 2.19. The third kappa shape index (κ3) is 8.15. The van der Waals surface area contributed by atoms with Gasteiger partial charge in [0.15, 0.2) is 12.6 Å². The van der Waals surface area contributed by atoms with Gasteiger partial charge >= 0.3 is 0 Å². The van der Waals surface area contributed by atoms with Gasteiger partial charge in [0.1, 0.15) is 5.75 Å². The molecule has 1 amide bonds. The predicted octanol–water partition coefficient (Wildman–Crippen LogP) is 2.76. The number of benzene rings is 1.